The molecule has 0 N–H and O–H groups in total. The fourth-order valence-corrected chi connectivity index (χ4v) is 3.65. The first kappa shape index (κ1) is 16.9. The van der Waals surface area contributed by atoms with Crippen LogP contribution in [0.5, 0.6) is 0 Å². The molecule has 0 aliphatic carbocycles. The zero-order chi connectivity index (χ0) is 17.9. The van der Waals surface area contributed by atoms with E-state index in [1.54, 1.807) is 18.7 Å². The molecule has 0 fully saturated rings. The normalized spacial score (nSPS) is 11.0. The van der Waals surface area contributed by atoms with Gasteiger partial charge in [0.1, 0.15) is 0 Å². The molecule has 26 heavy (non-hydrogen) atoms. The topological polar surface area (TPSA) is 56.7 Å². The summed E-state index contributed by atoms with van der Waals surface area (Å²) >= 11 is 7.76. The lowest BCUT2D eigenvalue weighted by atomic mass is 10.1. The van der Waals surface area contributed by atoms with E-state index in [2.05, 4.69) is 31.9 Å². The zero-order valence-corrected chi connectivity index (χ0v) is 15.5. The maximum Gasteiger partial charge on any atom is 0.226 e. The molecule has 5 nitrogen and oxygen atoms in total. The van der Waals surface area contributed by atoms with Gasteiger partial charge in [0.15, 0.2) is 5.16 Å². The molecule has 2 aromatic heterocycles. The van der Waals surface area contributed by atoms with E-state index in [4.69, 9.17) is 16.0 Å². The molecule has 0 saturated heterocycles. The first-order chi connectivity index (χ1) is 12.7. The van der Waals surface area contributed by atoms with E-state index >= 15 is 0 Å². The fourth-order valence-electron chi connectivity index (χ4n) is 2.64. The molecular weight excluding hydrogens is 368 g/mol. The molecule has 0 aliphatic heterocycles. The molecular formula is C19H15ClN4OS. The van der Waals surface area contributed by atoms with Gasteiger partial charge in [0, 0.05) is 23.2 Å². The van der Waals surface area contributed by atoms with E-state index in [-0.39, 0.29) is 0 Å². The largest absolute Gasteiger partial charge is 0.425 e. The SMILES string of the molecule is Cc1nnc(CSc2ncc(-c3ccccc3)n2-c2cccc(Cl)c2)o1. The Kier molecular flexibility index (Phi) is 4.77. The third kappa shape index (κ3) is 3.52. The summed E-state index contributed by atoms with van der Waals surface area (Å²) < 4.78 is 7.55. The first-order valence-corrected chi connectivity index (χ1v) is 9.38. The van der Waals surface area contributed by atoms with Crippen LogP contribution in [0, 0.1) is 6.92 Å². The molecule has 0 amide bonds. The van der Waals surface area contributed by atoms with E-state index in [1.165, 1.54) is 0 Å². The van der Waals surface area contributed by atoms with Crippen molar-refractivity contribution < 1.29 is 4.42 Å². The van der Waals surface area contributed by atoms with Crippen LogP contribution in [0.15, 0.2) is 70.4 Å². The van der Waals surface area contributed by atoms with Gasteiger partial charge < -0.3 is 4.42 Å². The maximum absolute atomic E-state index is 6.21. The van der Waals surface area contributed by atoms with Crippen LogP contribution in [0.3, 0.4) is 0 Å². The van der Waals surface area contributed by atoms with Gasteiger partial charge in [-0.25, -0.2) is 4.98 Å². The highest BCUT2D eigenvalue weighted by molar-refractivity contribution is 7.98. The summed E-state index contributed by atoms with van der Waals surface area (Å²) in [6.45, 7) is 1.78. The van der Waals surface area contributed by atoms with Crippen LogP contribution in [0.4, 0.5) is 0 Å². The molecule has 2 aromatic carbocycles. The van der Waals surface area contributed by atoms with Crippen LogP contribution >= 0.6 is 23.4 Å². The number of halogens is 1. The molecule has 7 heteroatoms. The molecule has 0 aliphatic rings. The summed E-state index contributed by atoms with van der Waals surface area (Å²) in [5.41, 5.74) is 3.04. The lowest BCUT2D eigenvalue weighted by Crippen LogP contribution is -1.99. The number of rotatable bonds is 5. The predicted molar refractivity (Wildman–Crippen MR) is 103 cm³/mol. The molecule has 0 atom stereocenters. The number of nitrogens with zero attached hydrogens (tertiary/aromatic N) is 4. The Hall–Kier alpha value is -2.57. The zero-order valence-electron chi connectivity index (χ0n) is 14.0. The van der Waals surface area contributed by atoms with Crippen LogP contribution in [0.2, 0.25) is 5.02 Å². The smallest absolute Gasteiger partial charge is 0.226 e. The second kappa shape index (κ2) is 7.35. The van der Waals surface area contributed by atoms with E-state index in [9.17, 15) is 0 Å². The van der Waals surface area contributed by atoms with Gasteiger partial charge >= 0.3 is 0 Å². The minimum Gasteiger partial charge on any atom is -0.425 e. The van der Waals surface area contributed by atoms with Gasteiger partial charge in [0.05, 0.1) is 17.6 Å². The summed E-state index contributed by atoms with van der Waals surface area (Å²) in [6, 6.07) is 17.9. The Morgan fingerprint density at radius 1 is 1.08 bits per heavy atom. The van der Waals surface area contributed by atoms with Gasteiger partial charge in [-0.2, -0.15) is 0 Å². The van der Waals surface area contributed by atoms with Crippen molar-refractivity contribution in [1.29, 1.82) is 0 Å². The second-order valence-corrected chi connectivity index (χ2v) is 6.99. The molecule has 4 rings (SSSR count). The van der Waals surface area contributed by atoms with E-state index in [1.807, 2.05) is 48.7 Å². The molecule has 4 aromatic rings. The van der Waals surface area contributed by atoms with Gasteiger partial charge in [-0.15, -0.1) is 10.2 Å². The van der Waals surface area contributed by atoms with Crippen molar-refractivity contribution in [3.8, 4) is 16.9 Å². The molecule has 0 spiro atoms. The van der Waals surface area contributed by atoms with Crippen LogP contribution in [0.25, 0.3) is 16.9 Å². The summed E-state index contributed by atoms with van der Waals surface area (Å²) in [4.78, 5) is 4.61. The summed E-state index contributed by atoms with van der Waals surface area (Å²) in [5, 5.41) is 9.43. The summed E-state index contributed by atoms with van der Waals surface area (Å²) in [5.74, 6) is 1.69. The quantitative estimate of drug-likeness (QED) is 0.445. The Morgan fingerprint density at radius 3 is 2.65 bits per heavy atom. The van der Waals surface area contributed by atoms with Crippen molar-refractivity contribution in [1.82, 2.24) is 19.7 Å². The van der Waals surface area contributed by atoms with Gasteiger partial charge in [-0.1, -0.05) is 59.8 Å². The fraction of sp³-hybridized carbons (Fsp3) is 0.105. The Labute approximate surface area is 160 Å². The standard InChI is InChI=1S/C19H15ClN4OS/c1-13-22-23-18(25-13)12-26-19-21-11-17(14-6-3-2-4-7-14)24(19)16-9-5-8-15(20)10-16/h2-11H,12H2,1H3. The number of benzene rings is 2. The average Bonchev–Trinajstić information content (AvgIpc) is 3.26. The third-order valence-corrected chi connectivity index (χ3v) is 4.93. The lowest BCUT2D eigenvalue weighted by Gasteiger charge is -2.12. The number of aryl methyl sites for hydroxylation is 1. The summed E-state index contributed by atoms with van der Waals surface area (Å²) in [6.07, 6.45) is 1.87. The molecule has 0 unspecified atom stereocenters. The Morgan fingerprint density at radius 2 is 1.92 bits per heavy atom. The van der Waals surface area contributed by atoms with Crippen LogP contribution in [-0.2, 0) is 5.75 Å². The molecule has 0 radical (unpaired) electrons. The maximum atomic E-state index is 6.21. The van der Waals surface area contributed by atoms with Crippen molar-refractivity contribution in [3.05, 3.63) is 77.6 Å². The summed E-state index contributed by atoms with van der Waals surface area (Å²) in [7, 11) is 0. The highest BCUT2D eigenvalue weighted by atomic mass is 35.5. The van der Waals surface area contributed by atoms with Gasteiger partial charge in [0.25, 0.3) is 0 Å². The lowest BCUT2D eigenvalue weighted by molar-refractivity contribution is 0.485. The number of hydrogen-bond acceptors (Lipinski definition) is 5. The van der Waals surface area contributed by atoms with Gasteiger partial charge in [-0.05, 0) is 18.2 Å². The van der Waals surface area contributed by atoms with Crippen molar-refractivity contribution in [2.45, 2.75) is 17.8 Å². The minimum absolute atomic E-state index is 0.548. The van der Waals surface area contributed by atoms with Crippen LogP contribution in [-0.4, -0.2) is 19.7 Å². The molecule has 0 bridgehead atoms. The Bertz CT molecular complexity index is 1030. The van der Waals surface area contributed by atoms with Crippen molar-refractivity contribution in [2.75, 3.05) is 0 Å². The van der Waals surface area contributed by atoms with Crippen molar-refractivity contribution in [2.24, 2.45) is 0 Å². The van der Waals surface area contributed by atoms with Gasteiger partial charge in [0.2, 0.25) is 11.8 Å². The van der Waals surface area contributed by atoms with E-state index in [0.29, 0.717) is 22.6 Å². The van der Waals surface area contributed by atoms with Crippen molar-refractivity contribution in [3.63, 3.8) is 0 Å². The number of aromatic nitrogens is 4. The molecule has 0 saturated carbocycles. The monoisotopic (exact) mass is 382 g/mol. The Balaban J connectivity index is 1.75. The predicted octanol–water partition coefficient (Wildman–Crippen LogP) is 5.18. The van der Waals surface area contributed by atoms with E-state index in [0.717, 1.165) is 22.1 Å². The molecule has 2 heterocycles. The van der Waals surface area contributed by atoms with Crippen LogP contribution in [0.1, 0.15) is 11.8 Å². The number of thioether (sulfide) groups is 1. The van der Waals surface area contributed by atoms with Crippen LogP contribution < -0.4 is 0 Å². The first-order valence-electron chi connectivity index (χ1n) is 8.01. The minimum atomic E-state index is 0.548. The average molecular weight is 383 g/mol. The third-order valence-electron chi connectivity index (χ3n) is 3.76. The highest BCUT2D eigenvalue weighted by Gasteiger charge is 2.15. The molecule has 130 valence electrons. The second-order valence-electron chi connectivity index (χ2n) is 5.61. The number of hydrogen-bond donors (Lipinski definition) is 0. The van der Waals surface area contributed by atoms with Gasteiger partial charge in [-0.3, -0.25) is 4.57 Å². The number of imidazole rings is 1. The van der Waals surface area contributed by atoms with Crippen molar-refractivity contribution >= 4 is 23.4 Å². The van der Waals surface area contributed by atoms with E-state index < -0.39 is 0 Å². The highest BCUT2D eigenvalue weighted by Crippen LogP contribution is 2.31.